The van der Waals surface area contributed by atoms with Gasteiger partial charge in [0.15, 0.2) is 0 Å². The monoisotopic (exact) mass is 365 g/mol. The van der Waals surface area contributed by atoms with Crippen LogP contribution in [0.5, 0.6) is 5.75 Å². The lowest BCUT2D eigenvalue weighted by atomic mass is 9.94. The maximum absolute atomic E-state index is 11.9. The number of H-pyrrole nitrogens is 1. The molecule has 0 saturated carbocycles. The minimum absolute atomic E-state index is 0.0105. The number of phenolic OH excluding ortho intramolecular Hbond substituents is 1. The van der Waals surface area contributed by atoms with Gasteiger partial charge in [-0.05, 0) is 35.9 Å². The number of nitrogens with one attached hydrogen (secondary N) is 2. The Bertz CT molecular complexity index is 1140. The summed E-state index contributed by atoms with van der Waals surface area (Å²) in [6.45, 7) is 1.45. The predicted octanol–water partition coefficient (Wildman–Crippen LogP) is 4.30. The number of fused-ring (bicyclic) bond motifs is 2. The van der Waals surface area contributed by atoms with Gasteiger partial charge in [0.05, 0.1) is 11.1 Å². The quantitative estimate of drug-likeness (QED) is 0.506. The smallest absolute Gasteiger partial charge is 0.217 e. The van der Waals surface area contributed by atoms with Crippen molar-refractivity contribution in [1.82, 2.24) is 15.3 Å². The number of hydrogen-bond donors (Lipinski definition) is 3. The van der Waals surface area contributed by atoms with Gasteiger partial charge >= 0.3 is 0 Å². The topological polar surface area (TPSA) is 78.0 Å². The van der Waals surface area contributed by atoms with Gasteiger partial charge in [0.1, 0.15) is 11.3 Å². The first kappa shape index (κ1) is 16.4. The fourth-order valence-corrected chi connectivity index (χ4v) is 3.58. The summed E-state index contributed by atoms with van der Waals surface area (Å²) in [5, 5.41) is 15.9. The molecule has 3 N–H and O–H groups in total. The number of phenols is 1. The molecule has 0 fully saturated rings. The Morgan fingerprint density at radius 3 is 2.85 bits per heavy atom. The van der Waals surface area contributed by atoms with E-state index in [-0.39, 0.29) is 11.7 Å². The van der Waals surface area contributed by atoms with E-state index in [4.69, 9.17) is 11.6 Å². The van der Waals surface area contributed by atoms with E-state index in [2.05, 4.69) is 15.3 Å². The average Bonchev–Trinajstić information content (AvgIpc) is 3.12. The average molecular weight is 366 g/mol. The van der Waals surface area contributed by atoms with Crippen molar-refractivity contribution in [3.8, 4) is 5.75 Å². The van der Waals surface area contributed by atoms with Crippen molar-refractivity contribution < 1.29 is 9.90 Å². The number of hydrogen-bond acceptors (Lipinski definition) is 3. The molecule has 2 aromatic carbocycles. The molecule has 6 heteroatoms. The second-order valence-corrected chi connectivity index (χ2v) is 6.52. The van der Waals surface area contributed by atoms with Crippen molar-refractivity contribution in [2.75, 3.05) is 0 Å². The highest BCUT2D eigenvalue weighted by Gasteiger charge is 2.24. The van der Waals surface area contributed by atoms with Crippen molar-refractivity contribution in [2.24, 2.45) is 0 Å². The van der Waals surface area contributed by atoms with Crippen LogP contribution in [0, 0.1) is 0 Å². The number of carbonyl (C=O) groups excluding carboxylic acids is 1. The maximum atomic E-state index is 11.9. The number of pyridine rings is 1. The normalized spacial score (nSPS) is 12.4. The van der Waals surface area contributed by atoms with E-state index >= 15 is 0 Å². The second-order valence-electron chi connectivity index (χ2n) is 6.12. The molecule has 0 spiro atoms. The molecule has 1 atom stereocenters. The molecule has 0 aliphatic rings. The molecule has 2 heterocycles. The van der Waals surface area contributed by atoms with E-state index in [9.17, 15) is 9.90 Å². The first-order valence-electron chi connectivity index (χ1n) is 8.15. The zero-order valence-electron chi connectivity index (χ0n) is 14.0. The van der Waals surface area contributed by atoms with Gasteiger partial charge in [-0.3, -0.25) is 9.78 Å². The van der Waals surface area contributed by atoms with Gasteiger partial charge in [0.25, 0.3) is 0 Å². The Balaban J connectivity index is 1.99. The van der Waals surface area contributed by atoms with Crippen LogP contribution in [0.4, 0.5) is 0 Å². The molecule has 0 saturated heterocycles. The molecule has 1 amide bonds. The van der Waals surface area contributed by atoms with Gasteiger partial charge < -0.3 is 15.4 Å². The van der Waals surface area contributed by atoms with Gasteiger partial charge in [-0.2, -0.15) is 0 Å². The first-order valence-corrected chi connectivity index (χ1v) is 8.53. The molecule has 0 aliphatic heterocycles. The van der Waals surface area contributed by atoms with Crippen LogP contribution in [-0.2, 0) is 4.79 Å². The Morgan fingerprint density at radius 2 is 2.04 bits per heavy atom. The molecular weight excluding hydrogens is 350 g/mol. The van der Waals surface area contributed by atoms with Crippen LogP contribution < -0.4 is 5.32 Å². The summed E-state index contributed by atoms with van der Waals surface area (Å²) in [4.78, 5) is 19.3. The summed E-state index contributed by atoms with van der Waals surface area (Å²) >= 11 is 6.43. The van der Waals surface area contributed by atoms with Crippen LogP contribution >= 0.6 is 11.6 Å². The summed E-state index contributed by atoms with van der Waals surface area (Å²) in [6.07, 6.45) is 3.44. The number of halogens is 1. The summed E-state index contributed by atoms with van der Waals surface area (Å²) in [7, 11) is 0. The molecule has 0 bridgehead atoms. The van der Waals surface area contributed by atoms with Gasteiger partial charge in [-0.1, -0.05) is 23.7 Å². The fraction of sp³-hybridized carbons (Fsp3) is 0.100. The Hall–Kier alpha value is -3.05. The number of aromatic amines is 1. The summed E-state index contributed by atoms with van der Waals surface area (Å²) in [5.74, 6) is -0.199. The van der Waals surface area contributed by atoms with Crippen molar-refractivity contribution in [3.05, 3.63) is 71.0 Å². The van der Waals surface area contributed by atoms with Crippen molar-refractivity contribution in [3.63, 3.8) is 0 Å². The summed E-state index contributed by atoms with van der Waals surface area (Å²) in [5.41, 5.74) is 2.72. The summed E-state index contributed by atoms with van der Waals surface area (Å²) in [6, 6.07) is 12.4. The highest BCUT2D eigenvalue weighted by atomic mass is 35.5. The number of carbonyl (C=O) groups is 1. The van der Waals surface area contributed by atoms with E-state index in [1.54, 1.807) is 24.4 Å². The number of amides is 1. The largest absolute Gasteiger partial charge is 0.505 e. The number of aromatic nitrogens is 2. The minimum atomic E-state index is -0.559. The minimum Gasteiger partial charge on any atom is -0.505 e. The third-order valence-electron chi connectivity index (χ3n) is 4.44. The zero-order chi connectivity index (χ0) is 18.3. The van der Waals surface area contributed by atoms with Crippen molar-refractivity contribution >= 4 is 39.3 Å². The Morgan fingerprint density at radius 1 is 1.19 bits per heavy atom. The van der Waals surface area contributed by atoms with Gasteiger partial charge in [-0.25, -0.2) is 0 Å². The molecular formula is C20H16ClN3O2. The Kier molecular flexibility index (Phi) is 4.01. The lowest BCUT2D eigenvalue weighted by Crippen LogP contribution is -2.27. The van der Waals surface area contributed by atoms with Crippen LogP contribution in [0.3, 0.4) is 0 Å². The molecule has 26 heavy (non-hydrogen) atoms. The van der Waals surface area contributed by atoms with E-state index in [0.29, 0.717) is 21.5 Å². The molecule has 2 aromatic heterocycles. The third-order valence-corrected chi connectivity index (χ3v) is 4.76. The maximum Gasteiger partial charge on any atom is 0.217 e. The van der Waals surface area contributed by atoms with Gasteiger partial charge in [-0.15, -0.1) is 0 Å². The lowest BCUT2D eigenvalue weighted by molar-refractivity contribution is -0.119. The SMILES string of the molecule is CC(=O)NC(c1cc(Cl)c2cccnc2c1O)c1cccc2[nH]ccc12. The van der Waals surface area contributed by atoms with Crippen LogP contribution in [0.2, 0.25) is 5.02 Å². The molecule has 0 radical (unpaired) electrons. The van der Waals surface area contributed by atoms with E-state index < -0.39 is 6.04 Å². The van der Waals surface area contributed by atoms with Crippen molar-refractivity contribution in [2.45, 2.75) is 13.0 Å². The highest BCUT2D eigenvalue weighted by Crippen LogP contribution is 2.39. The van der Waals surface area contributed by atoms with Crippen LogP contribution in [0.25, 0.3) is 21.8 Å². The molecule has 4 rings (SSSR count). The Labute approximate surface area is 154 Å². The lowest BCUT2D eigenvalue weighted by Gasteiger charge is -2.22. The van der Waals surface area contributed by atoms with E-state index in [1.165, 1.54) is 6.92 Å². The standard InChI is InChI=1S/C20H16ClN3O2/c1-11(25)24-18(13-4-2-6-17-12(13)7-9-22-17)15-10-16(21)14-5-3-8-23-19(14)20(15)26/h2-10,18,22,26H,1H3,(H,24,25). The summed E-state index contributed by atoms with van der Waals surface area (Å²) < 4.78 is 0. The molecule has 1 unspecified atom stereocenters. The third kappa shape index (κ3) is 2.66. The van der Waals surface area contributed by atoms with Gasteiger partial charge in [0, 0.05) is 41.2 Å². The zero-order valence-corrected chi connectivity index (χ0v) is 14.7. The van der Waals surface area contributed by atoms with Gasteiger partial charge in [0.2, 0.25) is 5.91 Å². The van der Waals surface area contributed by atoms with Crippen LogP contribution in [0.15, 0.2) is 54.9 Å². The van der Waals surface area contributed by atoms with Crippen LogP contribution in [-0.4, -0.2) is 21.0 Å². The predicted molar refractivity (Wildman–Crippen MR) is 102 cm³/mol. The number of aromatic hydroxyl groups is 1. The van der Waals surface area contributed by atoms with E-state index in [1.807, 2.05) is 30.5 Å². The van der Waals surface area contributed by atoms with Crippen molar-refractivity contribution in [1.29, 1.82) is 0 Å². The first-order chi connectivity index (χ1) is 12.6. The van der Waals surface area contributed by atoms with Crippen LogP contribution in [0.1, 0.15) is 24.1 Å². The van der Waals surface area contributed by atoms with E-state index in [0.717, 1.165) is 16.5 Å². The number of rotatable bonds is 3. The fourth-order valence-electron chi connectivity index (χ4n) is 3.31. The number of benzene rings is 2. The molecule has 130 valence electrons. The second kappa shape index (κ2) is 6.35. The molecule has 0 aliphatic carbocycles. The number of nitrogens with zero attached hydrogens (tertiary/aromatic N) is 1. The highest BCUT2D eigenvalue weighted by molar-refractivity contribution is 6.35. The molecule has 5 nitrogen and oxygen atoms in total. The molecule has 4 aromatic rings.